The molecule has 0 spiro atoms. The third-order valence-corrected chi connectivity index (χ3v) is 3.54. The van der Waals surface area contributed by atoms with E-state index in [-0.39, 0.29) is 0 Å². The summed E-state index contributed by atoms with van der Waals surface area (Å²) in [6.45, 7) is 8.42. The zero-order valence-corrected chi connectivity index (χ0v) is 12.8. The Morgan fingerprint density at radius 1 is 0.833 bits per heavy atom. The molecule has 0 N–H and O–H groups in total. The summed E-state index contributed by atoms with van der Waals surface area (Å²) in [6.07, 6.45) is 21.5. The first-order chi connectivity index (χ1) is 8.81. The number of unbranched alkanes of at least 4 members (excludes halogenated alkanes) is 6. The van der Waals surface area contributed by atoms with Crippen molar-refractivity contribution in [3.63, 3.8) is 0 Å². The number of allylic oxidation sites excluding steroid dienone is 3. The van der Waals surface area contributed by atoms with E-state index in [0.717, 1.165) is 5.92 Å². The van der Waals surface area contributed by atoms with Crippen molar-refractivity contribution in [3.05, 3.63) is 24.8 Å². The van der Waals surface area contributed by atoms with E-state index in [1.54, 1.807) is 0 Å². The molecule has 0 heterocycles. The lowest BCUT2D eigenvalue weighted by Gasteiger charge is -2.07. The zero-order chi connectivity index (χ0) is 13.5. The van der Waals surface area contributed by atoms with Crippen molar-refractivity contribution in [2.45, 2.75) is 84.5 Å². The molecule has 0 aromatic heterocycles. The lowest BCUT2D eigenvalue weighted by atomic mass is 9.99. The van der Waals surface area contributed by atoms with Crippen LogP contribution in [0.25, 0.3) is 0 Å². The van der Waals surface area contributed by atoms with E-state index < -0.39 is 0 Å². The second kappa shape index (κ2) is 14.5. The Morgan fingerprint density at radius 3 is 2.06 bits per heavy atom. The first-order valence-electron chi connectivity index (χ1n) is 8.07. The van der Waals surface area contributed by atoms with Crippen molar-refractivity contribution in [2.24, 2.45) is 5.92 Å². The molecule has 0 aliphatic carbocycles. The van der Waals surface area contributed by atoms with Gasteiger partial charge in [-0.1, -0.05) is 64.2 Å². The number of hydrogen-bond donors (Lipinski definition) is 0. The zero-order valence-electron chi connectivity index (χ0n) is 12.8. The maximum absolute atomic E-state index is 3.75. The molecular formula is C18H34. The fourth-order valence-corrected chi connectivity index (χ4v) is 2.36. The van der Waals surface area contributed by atoms with Gasteiger partial charge in [-0.3, -0.25) is 0 Å². The lowest BCUT2D eigenvalue weighted by Crippen LogP contribution is -1.92. The van der Waals surface area contributed by atoms with Crippen LogP contribution in [0.3, 0.4) is 0 Å². The van der Waals surface area contributed by atoms with Crippen molar-refractivity contribution in [3.8, 4) is 0 Å². The monoisotopic (exact) mass is 250 g/mol. The Kier molecular flexibility index (Phi) is 14.1. The predicted molar refractivity (Wildman–Crippen MR) is 85.0 cm³/mol. The van der Waals surface area contributed by atoms with Crippen molar-refractivity contribution in [2.75, 3.05) is 0 Å². The molecule has 0 amide bonds. The van der Waals surface area contributed by atoms with Gasteiger partial charge in [-0.25, -0.2) is 0 Å². The van der Waals surface area contributed by atoms with Gasteiger partial charge in [-0.2, -0.15) is 0 Å². The van der Waals surface area contributed by atoms with Gasteiger partial charge in [-0.15, -0.1) is 6.58 Å². The first-order valence-corrected chi connectivity index (χ1v) is 8.07. The van der Waals surface area contributed by atoms with Gasteiger partial charge in [0.05, 0.1) is 0 Å². The molecule has 18 heavy (non-hydrogen) atoms. The Labute approximate surface area is 116 Å². The molecule has 0 aliphatic heterocycles. The minimum Gasteiger partial charge on any atom is -0.103 e. The van der Waals surface area contributed by atoms with Gasteiger partial charge in [0.25, 0.3) is 0 Å². The Morgan fingerprint density at radius 2 is 1.44 bits per heavy atom. The second-order valence-electron chi connectivity index (χ2n) is 5.58. The van der Waals surface area contributed by atoms with E-state index in [1.807, 2.05) is 6.08 Å². The van der Waals surface area contributed by atoms with Crippen LogP contribution in [-0.2, 0) is 0 Å². The minimum atomic E-state index is 0.924. The molecule has 106 valence electrons. The summed E-state index contributed by atoms with van der Waals surface area (Å²) in [5, 5.41) is 0. The molecule has 0 saturated heterocycles. The van der Waals surface area contributed by atoms with Gasteiger partial charge in [0.1, 0.15) is 0 Å². The number of rotatable bonds is 13. The molecule has 1 unspecified atom stereocenters. The topological polar surface area (TPSA) is 0 Å². The Bertz CT molecular complexity index is 190. The van der Waals surface area contributed by atoms with E-state index in [4.69, 9.17) is 0 Å². The molecule has 0 aromatic rings. The van der Waals surface area contributed by atoms with Crippen molar-refractivity contribution in [1.29, 1.82) is 0 Å². The quantitative estimate of drug-likeness (QED) is 0.253. The SMILES string of the molecule is C=CCCCCCC/C=C\CCCC(C)CCC. The van der Waals surface area contributed by atoms with E-state index in [2.05, 4.69) is 32.6 Å². The molecule has 0 nitrogen and oxygen atoms in total. The average molecular weight is 250 g/mol. The molecular weight excluding hydrogens is 216 g/mol. The predicted octanol–water partition coefficient (Wildman–Crippen LogP) is 6.68. The minimum absolute atomic E-state index is 0.924. The highest BCUT2D eigenvalue weighted by atomic mass is 14.0. The molecule has 1 atom stereocenters. The summed E-state index contributed by atoms with van der Waals surface area (Å²) >= 11 is 0. The summed E-state index contributed by atoms with van der Waals surface area (Å²) in [4.78, 5) is 0. The van der Waals surface area contributed by atoms with Crippen LogP contribution in [0.1, 0.15) is 84.5 Å². The number of hydrogen-bond acceptors (Lipinski definition) is 0. The molecule has 0 aromatic carbocycles. The third kappa shape index (κ3) is 13.5. The second-order valence-corrected chi connectivity index (χ2v) is 5.58. The average Bonchev–Trinajstić information content (AvgIpc) is 2.36. The van der Waals surface area contributed by atoms with Crippen LogP contribution >= 0.6 is 0 Å². The summed E-state index contributed by atoms with van der Waals surface area (Å²) in [5.41, 5.74) is 0. The van der Waals surface area contributed by atoms with Crippen LogP contribution in [-0.4, -0.2) is 0 Å². The largest absolute Gasteiger partial charge is 0.103 e. The van der Waals surface area contributed by atoms with Gasteiger partial charge in [0.2, 0.25) is 0 Å². The first kappa shape index (κ1) is 17.5. The van der Waals surface area contributed by atoms with Crippen LogP contribution in [0.5, 0.6) is 0 Å². The third-order valence-electron chi connectivity index (χ3n) is 3.54. The van der Waals surface area contributed by atoms with Crippen LogP contribution in [0.15, 0.2) is 24.8 Å². The van der Waals surface area contributed by atoms with Crippen LogP contribution < -0.4 is 0 Å². The summed E-state index contributed by atoms with van der Waals surface area (Å²) in [6, 6.07) is 0. The van der Waals surface area contributed by atoms with E-state index >= 15 is 0 Å². The van der Waals surface area contributed by atoms with E-state index in [9.17, 15) is 0 Å². The van der Waals surface area contributed by atoms with Gasteiger partial charge in [0.15, 0.2) is 0 Å². The van der Waals surface area contributed by atoms with E-state index in [1.165, 1.54) is 70.6 Å². The van der Waals surface area contributed by atoms with Gasteiger partial charge >= 0.3 is 0 Å². The molecule has 0 bridgehead atoms. The molecule has 0 saturated carbocycles. The fraction of sp³-hybridized carbons (Fsp3) is 0.778. The maximum atomic E-state index is 3.75. The smallest absolute Gasteiger partial charge is 0.0351 e. The van der Waals surface area contributed by atoms with Crippen molar-refractivity contribution in [1.82, 2.24) is 0 Å². The highest BCUT2D eigenvalue weighted by molar-refractivity contribution is 4.81. The van der Waals surface area contributed by atoms with Crippen LogP contribution in [0.2, 0.25) is 0 Å². The summed E-state index contributed by atoms with van der Waals surface area (Å²) in [5.74, 6) is 0.924. The van der Waals surface area contributed by atoms with Gasteiger partial charge in [-0.05, 0) is 44.4 Å². The highest BCUT2D eigenvalue weighted by Crippen LogP contribution is 2.14. The highest BCUT2D eigenvalue weighted by Gasteiger charge is 1.98. The lowest BCUT2D eigenvalue weighted by molar-refractivity contribution is 0.471. The van der Waals surface area contributed by atoms with Crippen molar-refractivity contribution >= 4 is 0 Å². The van der Waals surface area contributed by atoms with Gasteiger partial charge in [0, 0.05) is 0 Å². The molecule has 0 fully saturated rings. The normalized spacial score (nSPS) is 13.0. The van der Waals surface area contributed by atoms with Crippen LogP contribution in [0.4, 0.5) is 0 Å². The Hall–Kier alpha value is -0.520. The molecule has 0 radical (unpaired) electrons. The molecule has 0 heteroatoms. The fourth-order valence-electron chi connectivity index (χ4n) is 2.36. The van der Waals surface area contributed by atoms with Gasteiger partial charge < -0.3 is 0 Å². The molecule has 0 rings (SSSR count). The Balaban J connectivity index is 3.16. The summed E-state index contributed by atoms with van der Waals surface area (Å²) in [7, 11) is 0. The summed E-state index contributed by atoms with van der Waals surface area (Å²) < 4.78 is 0. The van der Waals surface area contributed by atoms with Crippen molar-refractivity contribution < 1.29 is 0 Å². The maximum Gasteiger partial charge on any atom is -0.0351 e. The van der Waals surface area contributed by atoms with Crippen LogP contribution in [0, 0.1) is 5.92 Å². The molecule has 0 aliphatic rings. The van der Waals surface area contributed by atoms with E-state index in [0.29, 0.717) is 0 Å². The standard InChI is InChI=1S/C18H34/c1-4-6-7-8-9-10-11-12-13-14-15-17-18(3)16-5-2/h4,12-13,18H,1,5-11,14-17H2,2-3H3/b13-12-.